The van der Waals surface area contributed by atoms with E-state index in [1.807, 2.05) is 47.8 Å². The molecule has 2 aromatic heterocycles. The number of anilines is 1. The number of nitrogens with one attached hydrogen (secondary N) is 1. The maximum atomic E-state index is 11.4. The van der Waals surface area contributed by atoms with Crippen LogP contribution in [0.15, 0.2) is 47.8 Å². The van der Waals surface area contributed by atoms with Crippen LogP contribution in [0.4, 0.5) is 5.69 Å². The van der Waals surface area contributed by atoms with Gasteiger partial charge >= 0.3 is 0 Å². The van der Waals surface area contributed by atoms with Crippen LogP contribution in [0.1, 0.15) is 5.69 Å². The fourth-order valence-electron chi connectivity index (χ4n) is 2.34. The van der Waals surface area contributed by atoms with Gasteiger partial charge in [-0.1, -0.05) is 30.3 Å². The van der Waals surface area contributed by atoms with Crippen molar-refractivity contribution in [2.24, 2.45) is 0 Å². The van der Waals surface area contributed by atoms with Crippen molar-refractivity contribution in [1.29, 1.82) is 0 Å². The van der Waals surface area contributed by atoms with Gasteiger partial charge in [0.1, 0.15) is 10.7 Å². The Morgan fingerprint density at radius 2 is 1.86 bits per heavy atom. The standard InChI is InChI=1S/C16H11N3OS/c20-15-8-13-11(18-15)6-7-12(17-13)14-9-21-16(19-14)10-4-2-1-3-5-10/h1-7,9H,8H2,(H,18,20). The highest BCUT2D eigenvalue weighted by Crippen LogP contribution is 2.30. The van der Waals surface area contributed by atoms with Gasteiger partial charge in [0.25, 0.3) is 0 Å². The van der Waals surface area contributed by atoms with Crippen molar-refractivity contribution in [1.82, 2.24) is 9.97 Å². The van der Waals surface area contributed by atoms with Gasteiger partial charge < -0.3 is 5.32 Å². The van der Waals surface area contributed by atoms with Crippen molar-refractivity contribution >= 4 is 22.9 Å². The van der Waals surface area contributed by atoms with Crippen LogP contribution in [0.2, 0.25) is 0 Å². The van der Waals surface area contributed by atoms with Crippen LogP contribution in [0.3, 0.4) is 0 Å². The van der Waals surface area contributed by atoms with Gasteiger partial charge in [0.2, 0.25) is 5.91 Å². The zero-order valence-electron chi connectivity index (χ0n) is 11.0. The largest absolute Gasteiger partial charge is 0.324 e. The van der Waals surface area contributed by atoms with E-state index in [0.717, 1.165) is 33.3 Å². The van der Waals surface area contributed by atoms with Gasteiger partial charge in [-0.15, -0.1) is 11.3 Å². The highest BCUT2D eigenvalue weighted by atomic mass is 32.1. The van der Waals surface area contributed by atoms with Crippen LogP contribution in [0.25, 0.3) is 22.0 Å². The maximum Gasteiger partial charge on any atom is 0.230 e. The fourth-order valence-corrected chi connectivity index (χ4v) is 3.16. The lowest BCUT2D eigenvalue weighted by Crippen LogP contribution is -2.03. The summed E-state index contributed by atoms with van der Waals surface area (Å²) >= 11 is 1.60. The first-order valence-corrected chi connectivity index (χ1v) is 7.49. The van der Waals surface area contributed by atoms with E-state index >= 15 is 0 Å². The first-order chi connectivity index (χ1) is 10.3. The second kappa shape index (κ2) is 4.79. The number of benzene rings is 1. The number of hydrogen-bond donors (Lipinski definition) is 1. The van der Waals surface area contributed by atoms with Gasteiger partial charge in [-0.2, -0.15) is 0 Å². The molecule has 3 heterocycles. The van der Waals surface area contributed by atoms with Crippen molar-refractivity contribution in [3.8, 4) is 22.0 Å². The maximum absolute atomic E-state index is 11.4. The molecule has 102 valence electrons. The molecule has 21 heavy (non-hydrogen) atoms. The minimum Gasteiger partial charge on any atom is -0.324 e. The minimum absolute atomic E-state index is 0.00194. The quantitative estimate of drug-likeness (QED) is 0.788. The molecule has 0 fully saturated rings. The summed E-state index contributed by atoms with van der Waals surface area (Å²) in [6.45, 7) is 0. The van der Waals surface area contributed by atoms with Crippen molar-refractivity contribution < 1.29 is 4.79 Å². The highest BCUT2D eigenvalue weighted by Gasteiger charge is 2.20. The highest BCUT2D eigenvalue weighted by molar-refractivity contribution is 7.13. The number of rotatable bonds is 2. The number of hydrogen-bond acceptors (Lipinski definition) is 4. The zero-order chi connectivity index (χ0) is 14.2. The molecule has 1 aliphatic rings. The summed E-state index contributed by atoms with van der Waals surface area (Å²) in [5.41, 5.74) is 4.37. The Kier molecular flexibility index (Phi) is 2.79. The number of amides is 1. The van der Waals surface area contributed by atoms with Crippen LogP contribution >= 0.6 is 11.3 Å². The van der Waals surface area contributed by atoms with Gasteiger partial charge in [-0.3, -0.25) is 4.79 Å². The van der Waals surface area contributed by atoms with Crippen molar-refractivity contribution in [3.05, 3.63) is 53.5 Å². The van der Waals surface area contributed by atoms with Crippen LogP contribution in [-0.2, 0) is 11.2 Å². The lowest BCUT2D eigenvalue weighted by Gasteiger charge is -2.00. The molecule has 1 aliphatic heterocycles. The Hall–Kier alpha value is -2.53. The van der Waals surface area contributed by atoms with Gasteiger partial charge in [-0.25, -0.2) is 9.97 Å². The van der Waals surface area contributed by atoms with Crippen molar-refractivity contribution in [2.75, 3.05) is 5.32 Å². The number of carbonyl (C=O) groups is 1. The third-order valence-corrected chi connectivity index (χ3v) is 4.25. The molecule has 0 saturated heterocycles. The third-order valence-electron chi connectivity index (χ3n) is 3.36. The average molecular weight is 293 g/mol. The molecule has 0 unspecified atom stereocenters. The Bertz CT molecular complexity index is 827. The molecule has 0 spiro atoms. The molecule has 0 bridgehead atoms. The van der Waals surface area contributed by atoms with Crippen LogP contribution in [0.5, 0.6) is 0 Å². The summed E-state index contributed by atoms with van der Waals surface area (Å²) in [4.78, 5) is 20.6. The molecule has 0 radical (unpaired) electrons. The number of fused-ring (bicyclic) bond motifs is 1. The van der Waals surface area contributed by atoms with E-state index in [-0.39, 0.29) is 5.91 Å². The zero-order valence-corrected chi connectivity index (χ0v) is 11.9. The molecule has 1 amide bonds. The molecule has 1 aromatic carbocycles. The monoisotopic (exact) mass is 293 g/mol. The van der Waals surface area contributed by atoms with Gasteiger partial charge in [0.05, 0.1) is 23.5 Å². The van der Waals surface area contributed by atoms with E-state index in [1.54, 1.807) is 11.3 Å². The molecule has 1 N–H and O–H groups in total. The van der Waals surface area contributed by atoms with Crippen LogP contribution < -0.4 is 5.32 Å². The number of nitrogens with zero attached hydrogens (tertiary/aromatic N) is 2. The molecule has 3 aromatic rings. The normalized spacial score (nSPS) is 13.0. The van der Waals surface area contributed by atoms with Crippen LogP contribution in [-0.4, -0.2) is 15.9 Å². The number of pyridine rings is 1. The summed E-state index contributed by atoms with van der Waals surface area (Å²) < 4.78 is 0. The van der Waals surface area contributed by atoms with Crippen molar-refractivity contribution in [2.45, 2.75) is 6.42 Å². The summed E-state index contributed by atoms with van der Waals surface area (Å²) in [5.74, 6) is -0.00194. The molecular formula is C16H11N3OS. The molecule has 4 rings (SSSR count). The second-order valence-electron chi connectivity index (χ2n) is 4.82. The van der Waals surface area contributed by atoms with E-state index in [4.69, 9.17) is 0 Å². The van der Waals surface area contributed by atoms with Crippen LogP contribution in [0, 0.1) is 0 Å². The van der Waals surface area contributed by atoms with Gasteiger partial charge in [-0.05, 0) is 12.1 Å². The Balaban J connectivity index is 1.71. The lowest BCUT2D eigenvalue weighted by molar-refractivity contribution is -0.115. The Labute approximate surface area is 125 Å². The third kappa shape index (κ3) is 2.21. The topological polar surface area (TPSA) is 54.9 Å². The smallest absolute Gasteiger partial charge is 0.230 e. The number of carbonyl (C=O) groups excluding carboxylic acids is 1. The van der Waals surface area contributed by atoms with E-state index in [1.165, 1.54) is 0 Å². The SMILES string of the molecule is O=C1Cc2nc(-c3csc(-c4ccccc4)n3)ccc2N1. The second-order valence-corrected chi connectivity index (χ2v) is 5.68. The predicted octanol–water partition coefficient (Wildman–Crippen LogP) is 3.37. The molecule has 0 saturated carbocycles. The molecule has 4 nitrogen and oxygen atoms in total. The minimum atomic E-state index is -0.00194. The summed E-state index contributed by atoms with van der Waals surface area (Å²) in [6.07, 6.45) is 0.346. The van der Waals surface area contributed by atoms with Gasteiger partial charge in [0.15, 0.2) is 0 Å². The van der Waals surface area contributed by atoms with Gasteiger partial charge in [0, 0.05) is 10.9 Å². The lowest BCUT2D eigenvalue weighted by atomic mass is 10.2. The molecule has 5 heteroatoms. The first kappa shape index (κ1) is 12.2. The predicted molar refractivity (Wildman–Crippen MR) is 83.1 cm³/mol. The average Bonchev–Trinajstić information content (AvgIpc) is 3.12. The summed E-state index contributed by atoms with van der Waals surface area (Å²) in [5, 5.41) is 5.76. The molecular weight excluding hydrogens is 282 g/mol. The first-order valence-electron chi connectivity index (χ1n) is 6.61. The Morgan fingerprint density at radius 3 is 2.71 bits per heavy atom. The van der Waals surface area contributed by atoms with E-state index < -0.39 is 0 Å². The van der Waals surface area contributed by atoms with Crippen molar-refractivity contribution in [3.63, 3.8) is 0 Å². The fraction of sp³-hybridized carbons (Fsp3) is 0.0625. The van der Waals surface area contributed by atoms with E-state index in [9.17, 15) is 4.79 Å². The number of thiazole rings is 1. The van der Waals surface area contributed by atoms with E-state index in [0.29, 0.717) is 6.42 Å². The molecule has 0 atom stereocenters. The Morgan fingerprint density at radius 1 is 1.00 bits per heavy atom. The summed E-state index contributed by atoms with van der Waals surface area (Å²) in [6, 6.07) is 13.9. The molecule has 0 aliphatic carbocycles. The number of aromatic nitrogens is 2. The summed E-state index contributed by atoms with van der Waals surface area (Å²) in [7, 11) is 0. The van der Waals surface area contributed by atoms with E-state index in [2.05, 4.69) is 15.3 Å².